The topological polar surface area (TPSA) is 114 Å². The molecule has 1 aromatic carbocycles. The average Bonchev–Trinajstić information content (AvgIpc) is 2.96. The van der Waals surface area contributed by atoms with Crippen molar-refractivity contribution in [3.8, 4) is 11.3 Å². The zero-order valence-corrected chi connectivity index (χ0v) is 16.6. The summed E-state index contributed by atoms with van der Waals surface area (Å²) in [5.41, 5.74) is 1.75. The smallest absolute Gasteiger partial charge is 0.407 e. The van der Waals surface area contributed by atoms with E-state index in [1.54, 1.807) is 34.0 Å². The van der Waals surface area contributed by atoms with Gasteiger partial charge in [0.1, 0.15) is 5.60 Å². The molecule has 0 fully saturated rings. The minimum Gasteiger partial charge on any atom is -0.475 e. The number of carboxylic acid groups (broad SMARTS) is 1. The third-order valence-corrected chi connectivity index (χ3v) is 4.00. The van der Waals surface area contributed by atoms with Crippen LogP contribution in [0.3, 0.4) is 0 Å². The number of aromatic nitrogens is 2. The molecule has 0 saturated carbocycles. The van der Waals surface area contributed by atoms with Crippen LogP contribution in [0.2, 0.25) is 0 Å². The van der Waals surface area contributed by atoms with E-state index in [0.29, 0.717) is 18.5 Å². The molecule has 152 valence electrons. The standard InChI is InChI=1S/C20H27N3O5/c1-20(2,3)28-19(27)21-15(9-10-24)11-13-5-7-14(8-6-13)16-12-23(4)17(22-16)18(25)26/h5-8,12,15,24H,9-11H2,1-4H3,(H,21,27)(H,25,26)/t15-/m1/s1. The van der Waals surface area contributed by atoms with Gasteiger partial charge < -0.3 is 24.8 Å². The van der Waals surface area contributed by atoms with Gasteiger partial charge in [0.15, 0.2) is 0 Å². The summed E-state index contributed by atoms with van der Waals surface area (Å²) in [5.74, 6) is -1.10. The predicted octanol–water partition coefficient (Wildman–Crippen LogP) is 2.60. The molecule has 0 aliphatic heterocycles. The molecule has 8 nitrogen and oxygen atoms in total. The SMILES string of the molecule is Cn1cc(-c2ccc(C[C@@H](CCO)NC(=O)OC(C)(C)C)cc2)nc1C(=O)O. The van der Waals surface area contributed by atoms with Crippen LogP contribution >= 0.6 is 0 Å². The van der Waals surface area contributed by atoms with Crippen LogP contribution in [0.1, 0.15) is 43.4 Å². The molecule has 1 heterocycles. The van der Waals surface area contributed by atoms with E-state index in [-0.39, 0.29) is 18.5 Å². The van der Waals surface area contributed by atoms with Gasteiger partial charge in [0.2, 0.25) is 5.82 Å². The van der Waals surface area contributed by atoms with Gasteiger partial charge in [0.25, 0.3) is 0 Å². The van der Waals surface area contributed by atoms with Crippen LogP contribution in [-0.2, 0) is 18.2 Å². The summed E-state index contributed by atoms with van der Waals surface area (Å²) in [6, 6.07) is 7.23. The van der Waals surface area contributed by atoms with Crippen LogP contribution in [0, 0.1) is 0 Å². The number of nitrogens with one attached hydrogen (secondary N) is 1. The third-order valence-electron chi connectivity index (χ3n) is 4.00. The zero-order valence-electron chi connectivity index (χ0n) is 16.6. The van der Waals surface area contributed by atoms with Crippen molar-refractivity contribution in [1.82, 2.24) is 14.9 Å². The number of aryl methyl sites for hydroxylation is 1. The second kappa shape index (κ2) is 8.88. The van der Waals surface area contributed by atoms with Crippen LogP contribution in [0.4, 0.5) is 4.79 Å². The number of carbonyl (C=O) groups is 2. The number of aliphatic hydroxyl groups excluding tert-OH is 1. The van der Waals surface area contributed by atoms with Crippen LogP contribution in [0.5, 0.6) is 0 Å². The molecule has 3 N–H and O–H groups in total. The maximum absolute atomic E-state index is 12.0. The second-order valence-corrected chi connectivity index (χ2v) is 7.62. The van der Waals surface area contributed by atoms with Gasteiger partial charge in [-0.25, -0.2) is 14.6 Å². The van der Waals surface area contributed by atoms with Crippen molar-refractivity contribution in [2.24, 2.45) is 7.05 Å². The van der Waals surface area contributed by atoms with E-state index in [1.165, 1.54) is 4.57 Å². The van der Waals surface area contributed by atoms with Crippen LogP contribution in [-0.4, -0.2) is 50.1 Å². The van der Waals surface area contributed by atoms with E-state index >= 15 is 0 Å². The first-order valence-electron chi connectivity index (χ1n) is 9.05. The third kappa shape index (κ3) is 6.09. The normalized spacial score (nSPS) is 12.5. The van der Waals surface area contributed by atoms with Gasteiger partial charge >= 0.3 is 12.1 Å². The monoisotopic (exact) mass is 389 g/mol. The van der Waals surface area contributed by atoms with Crippen molar-refractivity contribution in [2.45, 2.75) is 45.3 Å². The first-order valence-corrected chi connectivity index (χ1v) is 9.05. The Hall–Kier alpha value is -2.87. The minimum atomic E-state index is -1.08. The van der Waals surface area contributed by atoms with Gasteiger partial charge in [-0.1, -0.05) is 24.3 Å². The lowest BCUT2D eigenvalue weighted by molar-refractivity contribution is 0.0496. The fraction of sp³-hybridized carbons (Fsp3) is 0.450. The summed E-state index contributed by atoms with van der Waals surface area (Å²) in [7, 11) is 1.64. The first kappa shape index (κ1) is 21.4. The number of carboxylic acids is 1. The summed E-state index contributed by atoms with van der Waals surface area (Å²) < 4.78 is 6.74. The Labute approximate surface area is 164 Å². The summed E-state index contributed by atoms with van der Waals surface area (Å²) >= 11 is 0. The molecule has 1 atom stereocenters. The Morgan fingerprint density at radius 2 is 1.89 bits per heavy atom. The lowest BCUT2D eigenvalue weighted by Crippen LogP contribution is -2.40. The van der Waals surface area contributed by atoms with Gasteiger partial charge in [0.05, 0.1) is 5.69 Å². The largest absolute Gasteiger partial charge is 0.475 e. The first-order chi connectivity index (χ1) is 13.1. The highest BCUT2D eigenvalue weighted by Crippen LogP contribution is 2.20. The molecule has 0 aliphatic rings. The van der Waals surface area contributed by atoms with Crippen LogP contribution in [0.25, 0.3) is 11.3 Å². The van der Waals surface area contributed by atoms with Crippen LogP contribution < -0.4 is 5.32 Å². The lowest BCUT2D eigenvalue weighted by Gasteiger charge is -2.23. The number of rotatable bonds is 7. The summed E-state index contributed by atoms with van der Waals surface area (Å²) in [6.45, 7) is 5.32. The molecule has 0 bridgehead atoms. The van der Waals surface area contributed by atoms with E-state index in [9.17, 15) is 14.7 Å². The average molecular weight is 389 g/mol. The molecule has 0 saturated heterocycles. The fourth-order valence-electron chi connectivity index (χ4n) is 2.76. The maximum atomic E-state index is 12.0. The molecule has 1 aromatic heterocycles. The number of benzene rings is 1. The molecule has 0 unspecified atom stereocenters. The second-order valence-electron chi connectivity index (χ2n) is 7.62. The molecule has 1 amide bonds. The lowest BCUT2D eigenvalue weighted by atomic mass is 10.0. The molecular formula is C20H27N3O5. The maximum Gasteiger partial charge on any atom is 0.407 e. The van der Waals surface area contributed by atoms with E-state index < -0.39 is 17.7 Å². The number of imidazole rings is 1. The molecular weight excluding hydrogens is 362 g/mol. The van der Waals surface area contributed by atoms with Gasteiger partial charge in [-0.15, -0.1) is 0 Å². The van der Waals surface area contributed by atoms with Crippen molar-refractivity contribution in [3.63, 3.8) is 0 Å². The van der Waals surface area contributed by atoms with E-state index in [2.05, 4.69) is 10.3 Å². The Kier molecular flexibility index (Phi) is 6.80. The Morgan fingerprint density at radius 1 is 1.25 bits per heavy atom. The molecule has 8 heteroatoms. The predicted molar refractivity (Wildman–Crippen MR) is 104 cm³/mol. The van der Waals surface area contributed by atoms with E-state index in [4.69, 9.17) is 9.84 Å². The highest BCUT2D eigenvalue weighted by molar-refractivity contribution is 5.84. The van der Waals surface area contributed by atoms with Crippen molar-refractivity contribution < 1.29 is 24.5 Å². The number of amides is 1. The summed E-state index contributed by atoms with van der Waals surface area (Å²) in [5, 5.41) is 21.2. The molecule has 0 radical (unpaired) electrons. The molecule has 2 rings (SSSR count). The number of alkyl carbamates (subject to hydrolysis) is 1. The van der Waals surface area contributed by atoms with Crippen LogP contribution in [0.15, 0.2) is 30.5 Å². The minimum absolute atomic E-state index is 0.0244. The highest BCUT2D eigenvalue weighted by atomic mass is 16.6. The highest BCUT2D eigenvalue weighted by Gasteiger charge is 2.20. The Bertz CT molecular complexity index is 821. The number of aromatic carboxylic acids is 1. The summed E-state index contributed by atoms with van der Waals surface area (Å²) in [4.78, 5) is 27.2. The Morgan fingerprint density at radius 3 is 2.39 bits per heavy atom. The fourth-order valence-corrected chi connectivity index (χ4v) is 2.76. The number of aliphatic hydroxyl groups is 1. The van der Waals surface area contributed by atoms with Gasteiger partial charge in [-0.05, 0) is 39.2 Å². The molecule has 0 spiro atoms. The van der Waals surface area contributed by atoms with Crippen molar-refractivity contribution >= 4 is 12.1 Å². The van der Waals surface area contributed by atoms with E-state index in [1.807, 2.05) is 24.3 Å². The molecule has 28 heavy (non-hydrogen) atoms. The number of ether oxygens (including phenoxy) is 1. The quantitative estimate of drug-likeness (QED) is 0.671. The number of hydrogen-bond acceptors (Lipinski definition) is 5. The van der Waals surface area contributed by atoms with Crippen molar-refractivity contribution in [3.05, 3.63) is 41.9 Å². The Balaban J connectivity index is 2.07. The number of hydrogen-bond donors (Lipinski definition) is 3. The van der Waals surface area contributed by atoms with Crippen molar-refractivity contribution in [2.75, 3.05) is 6.61 Å². The molecule has 2 aromatic rings. The van der Waals surface area contributed by atoms with Crippen molar-refractivity contribution in [1.29, 1.82) is 0 Å². The van der Waals surface area contributed by atoms with Gasteiger partial charge in [-0.2, -0.15) is 0 Å². The van der Waals surface area contributed by atoms with E-state index in [0.717, 1.165) is 11.1 Å². The number of nitrogens with zero attached hydrogens (tertiary/aromatic N) is 2. The van der Waals surface area contributed by atoms with Gasteiger partial charge in [0, 0.05) is 31.5 Å². The van der Waals surface area contributed by atoms with Gasteiger partial charge in [-0.3, -0.25) is 0 Å². The summed E-state index contributed by atoms with van der Waals surface area (Å²) in [6.07, 6.45) is 2.08. The number of carbonyl (C=O) groups excluding carboxylic acids is 1. The molecule has 0 aliphatic carbocycles. The zero-order chi connectivity index (χ0) is 20.9.